The van der Waals surface area contributed by atoms with E-state index in [1.54, 1.807) is 24.3 Å². The third-order valence-electron chi connectivity index (χ3n) is 4.28. The summed E-state index contributed by atoms with van der Waals surface area (Å²) < 4.78 is 2.08. The molecular weight excluding hydrogens is 314 g/mol. The van der Waals surface area contributed by atoms with Crippen molar-refractivity contribution in [2.45, 2.75) is 0 Å². The summed E-state index contributed by atoms with van der Waals surface area (Å²) in [7, 11) is 6.03. The highest BCUT2D eigenvalue weighted by Gasteiger charge is 2.12. The van der Waals surface area contributed by atoms with Crippen molar-refractivity contribution in [2.24, 2.45) is 7.05 Å². The van der Waals surface area contributed by atoms with Crippen LogP contribution in [0.1, 0.15) is 11.3 Å². The highest BCUT2D eigenvalue weighted by molar-refractivity contribution is 5.81. The standard InChI is InChI=1S/C20H20N3O2/c1-21(2)18-12-13-19-16(14-18)9-11-17(22(19)3)10-8-15-6-4-5-7-20(15)23(24)25/h4-14H,1-3H3/q+1/b10-8+. The van der Waals surface area contributed by atoms with E-state index < -0.39 is 0 Å². The predicted octanol–water partition coefficient (Wildman–Crippen LogP) is 3.81. The number of hydrogen-bond acceptors (Lipinski definition) is 3. The Bertz CT molecular complexity index is 978. The molecular formula is C20H20N3O2+. The fourth-order valence-corrected chi connectivity index (χ4v) is 2.82. The molecule has 0 N–H and O–H groups in total. The summed E-state index contributed by atoms with van der Waals surface area (Å²) in [6, 6.07) is 17.1. The zero-order valence-corrected chi connectivity index (χ0v) is 14.5. The number of benzene rings is 2. The van der Waals surface area contributed by atoms with Crippen LogP contribution >= 0.6 is 0 Å². The second-order valence-electron chi connectivity index (χ2n) is 6.10. The Morgan fingerprint density at radius 2 is 1.80 bits per heavy atom. The molecule has 3 rings (SSSR count). The van der Waals surface area contributed by atoms with Gasteiger partial charge in [0.1, 0.15) is 7.05 Å². The van der Waals surface area contributed by atoms with Gasteiger partial charge in [-0.25, -0.2) is 0 Å². The Hall–Kier alpha value is -3.21. The van der Waals surface area contributed by atoms with Crippen molar-refractivity contribution >= 4 is 34.4 Å². The molecule has 0 aliphatic rings. The second-order valence-corrected chi connectivity index (χ2v) is 6.10. The van der Waals surface area contributed by atoms with Crippen LogP contribution in [0.5, 0.6) is 0 Å². The van der Waals surface area contributed by atoms with Crippen molar-refractivity contribution in [2.75, 3.05) is 19.0 Å². The number of rotatable bonds is 4. The molecule has 1 aromatic heterocycles. The minimum atomic E-state index is -0.358. The van der Waals surface area contributed by atoms with Crippen molar-refractivity contribution < 1.29 is 9.49 Å². The van der Waals surface area contributed by atoms with Crippen LogP contribution in [0.25, 0.3) is 23.1 Å². The molecule has 25 heavy (non-hydrogen) atoms. The number of nitrogens with zero attached hydrogens (tertiary/aromatic N) is 3. The van der Waals surface area contributed by atoms with Crippen molar-refractivity contribution in [3.63, 3.8) is 0 Å². The quantitative estimate of drug-likeness (QED) is 0.414. The molecule has 0 saturated heterocycles. The molecule has 126 valence electrons. The van der Waals surface area contributed by atoms with E-state index in [1.165, 1.54) is 6.07 Å². The van der Waals surface area contributed by atoms with Crippen molar-refractivity contribution in [3.05, 3.63) is 76.0 Å². The van der Waals surface area contributed by atoms with E-state index in [4.69, 9.17) is 0 Å². The monoisotopic (exact) mass is 334 g/mol. The van der Waals surface area contributed by atoms with E-state index in [9.17, 15) is 10.1 Å². The molecule has 0 atom stereocenters. The van der Waals surface area contributed by atoms with Gasteiger partial charge in [0, 0.05) is 49.4 Å². The highest BCUT2D eigenvalue weighted by atomic mass is 16.6. The minimum Gasteiger partial charge on any atom is -0.378 e. The summed E-state index contributed by atoms with van der Waals surface area (Å²) >= 11 is 0. The van der Waals surface area contributed by atoms with Gasteiger partial charge in [0.15, 0.2) is 0 Å². The number of nitro benzene ring substituents is 1. The molecule has 0 aliphatic heterocycles. The lowest BCUT2D eigenvalue weighted by molar-refractivity contribution is -0.646. The average Bonchev–Trinajstić information content (AvgIpc) is 2.61. The summed E-state index contributed by atoms with van der Waals surface area (Å²) in [6.45, 7) is 0. The molecule has 5 nitrogen and oxygen atoms in total. The molecule has 3 aromatic rings. The minimum absolute atomic E-state index is 0.109. The Kier molecular flexibility index (Phi) is 4.48. The number of aromatic nitrogens is 1. The van der Waals surface area contributed by atoms with Gasteiger partial charge in [-0.1, -0.05) is 12.1 Å². The van der Waals surface area contributed by atoms with Crippen LogP contribution < -0.4 is 9.47 Å². The van der Waals surface area contributed by atoms with Gasteiger partial charge in [0.2, 0.25) is 11.2 Å². The van der Waals surface area contributed by atoms with Gasteiger partial charge >= 0.3 is 0 Å². The van der Waals surface area contributed by atoms with Crippen molar-refractivity contribution in [1.29, 1.82) is 0 Å². The average molecular weight is 334 g/mol. The SMILES string of the molecule is CN(C)c1ccc2c(ccc(/C=C/c3ccccc3[N+](=O)[O-])[n+]2C)c1. The molecule has 1 heterocycles. The van der Waals surface area contributed by atoms with Gasteiger partial charge in [-0.2, -0.15) is 4.57 Å². The number of anilines is 1. The van der Waals surface area contributed by atoms with E-state index in [1.807, 2.05) is 33.3 Å². The van der Waals surface area contributed by atoms with Gasteiger partial charge in [0.05, 0.1) is 10.5 Å². The number of fused-ring (bicyclic) bond motifs is 1. The topological polar surface area (TPSA) is 50.3 Å². The number of aryl methyl sites for hydroxylation is 1. The Morgan fingerprint density at radius 3 is 2.52 bits per heavy atom. The van der Waals surface area contributed by atoms with E-state index in [0.29, 0.717) is 5.56 Å². The lowest BCUT2D eigenvalue weighted by Crippen LogP contribution is -2.32. The molecule has 0 fully saturated rings. The molecule has 5 heteroatoms. The zero-order valence-electron chi connectivity index (χ0n) is 14.5. The Balaban J connectivity index is 2.01. The molecule has 0 bridgehead atoms. The maximum Gasteiger partial charge on any atom is 0.276 e. The lowest BCUT2D eigenvalue weighted by atomic mass is 10.1. The third kappa shape index (κ3) is 3.35. The maximum absolute atomic E-state index is 11.1. The van der Waals surface area contributed by atoms with Gasteiger partial charge in [-0.15, -0.1) is 0 Å². The number of nitro groups is 1. The first-order valence-electron chi connectivity index (χ1n) is 7.99. The molecule has 0 aliphatic carbocycles. The summed E-state index contributed by atoms with van der Waals surface area (Å²) in [4.78, 5) is 12.8. The lowest BCUT2D eigenvalue weighted by Gasteiger charge is -2.12. The first-order chi connectivity index (χ1) is 12.0. The largest absolute Gasteiger partial charge is 0.378 e. The van der Waals surface area contributed by atoms with Gasteiger partial charge in [-0.3, -0.25) is 10.1 Å². The second kappa shape index (κ2) is 6.73. The summed E-state index contributed by atoms with van der Waals surface area (Å²) in [6.07, 6.45) is 3.69. The normalized spacial score (nSPS) is 11.2. The van der Waals surface area contributed by atoms with Gasteiger partial charge in [-0.05, 0) is 30.3 Å². The third-order valence-corrected chi connectivity index (χ3v) is 4.28. The van der Waals surface area contributed by atoms with Gasteiger partial charge < -0.3 is 4.90 Å². The summed E-state index contributed by atoms with van der Waals surface area (Å²) in [5.74, 6) is 0. The maximum atomic E-state index is 11.1. The van der Waals surface area contributed by atoms with Crippen LogP contribution in [-0.4, -0.2) is 19.0 Å². The fraction of sp³-hybridized carbons (Fsp3) is 0.150. The molecule has 0 saturated carbocycles. The first kappa shape index (κ1) is 16.6. The fourth-order valence-electron chi connectivity index (χ4n) is 2.82. The van der Waals surface area contributed by atoms with E-state index in [0.717, 1.165) is 22.3 Å². The number of hydrogen-bond donors (Lipinski definition) is 0. The molecule has 0 radical (unpaired) electrons. The summed E-state index contributed by atoms with van der Waals surface area (Å²) in [5, 5.41) is 12.3. The van der Waals surface area contributed by atoms with Crippen LogP contribution in [0.15, 0.2) is 54.6 Å². The van der Waals surface area contributed by atoms with E-state index in [2.05, 4.69) is 33.7 Å². The van der Waals surface area contributed by atoms with Crippen LogP contribution in [0.3, 0.4) is 0 Å². The van der Waals surface area contributed by atoms with E-state index >= 15 is 0 Å². The van der Waals surface area contributed by atoms with Crippen molar-refractivity contribution in [3.8, 4) is 0 Å². The number of pyridine rings is 1. The smallest absolute Gasteiger partial charge is 0.276 e. The molecule has 0 unspecified atom stereocenters. The Morgan fingerprint density at radius 1 is 1.04 bits per heavy atom. The van der Waals surface area contributed by atoms with Gasteiger partial charge in [0.25, 0.3) is 5.69 Å². The predicted molar refractivity (Wildman–Crippen MR) is 101 cm³/mol. The van der Waals surface area contributed by atoms with Crippen LogP contribution in [0.2, 0.25) is 0 Å². The van der Waals surface area contributed by atoms with Crippen molar-refractivity contribution in [1.82, 2.24) is 0 Å². The molecule has 0 amide bonds. The Labute approximate surface area is 146 Å². The van der Waals surface area contributed by atoms with Crippen LogP contribution in [-0.2, 0) is 7.05 Å². The highest BCUT2D eigenvalue weighted by Crippen LogP contribution is 2.21. The summed E-state index contributed by atoms with van der Waals surface area (Å²) in [5.41, 5.74) is 3.93. The zero-order chi connectivity index (χ0) is 18.0. The molecule has 2 aromatic carbocycles. The number of para-hydroxylation sites is 1. The first-order valence-corrected chi connectivity index (χ1v) is 7.99. The van der Waals surface area contributed by atoms with E-state index in [-0.39, 0.29) is 10.6 Å². The molecule has 0 spiro atoms. The van der Waals surface area contributed by atoms with Crippen LogP contribution in [0, 0.1) is 10.1 Å². The van der Waals surface area contributed by atoms with Crippen LogP contribution in [0.4, 0.5) is 11.4 Å².